The Morgan fingerprint density at radius 1 is 1.32 bits per heavy atom. The number of hydrogen-bond donors (Lipinski definition) is 1. The van der Waals surface area contributed by atoms with Gasteiger partial charge in [-0.25, -0.2) is 14.3 Å². The van der Waals surface area contributed by atoms with Crippen LogP contribution in [0.4, 0.5) is 13.2 Å². The summed E-state index contributed by atoms with van der Waals surface area (Å²) < 4.78 is 39.7. The summed E-state index contributed by atoms with van der Waals surface area (Å²) in [6.07, 6.45) is -2.63. The Morgan fingerprint density at radius 2 is 2.04 bits per heavy atom. The first-order valence-corrected chi connectivity index (χ1v) is 8.07. The average Bonchev–Trinajstić information content (AvgIpc) is 3.03. The van der Waals surface area contributed by atoms with Gasteiger partial charge in [0.15, 0.2) is 0 Å². The number of carbonyl (C=O) groups is 1. The van der Waals surface area contributed by atoms with E-state index >= 15 is 0 Å². The van der Waals surface area contributed by atoms with Gasteiger partial charge in [0.25, 0.3) is 0 Å². The van der Waals surface area contributed by atoms with Gasteiger partial charge in [-0.2, -0.15) is 13.2 Å². The van der Waals surface area contributed by atoms with Crippen molar-refractivity contribution in [1.82, 2.24) is 14.6 Å². The highest BCUT2D eigenvalue weighted by Gasteiger charge is 2.36. The maximum Gasteiger partial charge on any atom is 0.445 e. The first kappa shape index (κ1) is 17.7. The third-order valence-corrected chi connectivity index (χ3v) is 4.54. The number of aromatic nitrogens is 3. The van der Waals surface area contributed by atoms with Gasteiger partial charge in [0, 0.05) is 16.7 Å². The smallest absolute Gasteiger partial charge is 0.445 e. The third kappa shape index (κ3) is 3.48. The van der Waals surface area contributed by atoms with E-state index in [2.05, 4.69) is 10.1 Å². The fraction of sp³-hybridized carbons (Fsp3) is 0.0714. The van der Waals surface area contributed by atoms with Gasteiger partial charge >= 0.3 is 12.1 Å². The molecule has 130 valence electrons. The number of hydrogen-bond acceptors (Lipinski definition) is 4. The summed E-state index contributed by atoms with van der Waals surface area (Å²) in [4.78, 5) is 14.7. The molecule has 11 heteroatoms. The van der Waals surface area contributed by atoms with Gasteiger partial charge in [0.2, 0.25) is 9.97 Å². The standard InChI is InChI=1S/C14H6Cl2F3N3O2S/c15-6-1-2-7(8(16)5-6)11-9(3-4-10(23)24)20-13-22(11)21-12(25-13)14(17,18)19/h1-5H,(H,23,24)/b4-3+. The van der Waals surface area contributed by atoms with E-state index in [0.717, 1.165) is 16.7 Å². The monoisotopic (exact) mass is 407 g/mol. The number of aliphatic carboxylic acids is 1. The van der Waals surface area contributed by atoms with E-state index in [0.29, 0.717) is 21.9 Å². The lowest BCUT2D eigenvalue weighted by Crippen LogP contribution is -2.05. The van der Waals surface area contributed by atoms with Crippen molar-refractivity contribution in [2.45, 2.75) is 6.18 Å². The predicted molar refractivity (Wildman–Crippen MR) is 88.0 cm³/mol. The highest BCUT2D eigenvalue weighted by atomic mass is 35.5. The summed E-state index contributed by atoms with van der Waals surface area (Å²) >= 11 is 12.3. The molecule has 0 bridgehead atoms. The van der Waals surface area contributed by atoms with Gasteiger partial charge in [0.05, 0.1) is 10.7 Å². The zero-order chi connectivity index (χ0) is 18.4. The number of nitrogens with zero attached hydrogens (tertiary/aromatic N) is 3. The number of carboxylic acids is 1. The van der Waals surface area contributed by atoms with Gasteiger partial charge in [-0.1, -0.05) is 34.5 Å². The quantitative estimate of drug-likeness (QED) is 0.628. The number of fused-ring (bicyclic) bond motifs is 1. The van der Waals surface area contributed by atoms with Crippen molar-refractivity contribution in [3.8, 4) is 11.3 Å². The zero-order valence-electron chi connectivity index (χ0n) is 11.9. The lowest BCUT2D eigenvalue weighted by Gasteiger charge is -2.05. The van der Waals surface area contributed by atoms with Crippen LogP contribution in [0.1, 0.15) is 10.7 Å². The molecule has 0 saturated carbocycles. The minimum atomic E-state index is -4.62. The van der Waals surface area contributed by atoms with Crippen LogP contribution >= 0.6 is 34.5 Å². The molecule has 3 rings (SSSR count). The Balaban J connectivity index is 2.29. The van der Waals surface area contributed by atoms with Gasteiger partial charge in [-0.15, -0.1) is 5.10 Å². The number of benzene rings is 1. The summed E-state index contributed by atoms with van der Waals surface area (Å²) in [6, 6.07) is 4.42. The molecule has 2 aromatic heterocycles. The summed E-state index contributed by atoms with van der Waals surface area (Å²) in [6.45, 7) is 0. The second-order valence-corrected chi connectivity index (χ2v) is 6.54. The van der Waals surface area contributed by atoms with E-state index in [4.69, 9.17) is 28.3 Å². The molecule has 0 aliphatic rings. The molecule has 0 atom stereocenters. The van der Waals surface area contributed by atoms with Crippen molar-refractivity contribution >= 4 is 51.5 Å². The summed E-state index contributed by atoms with van der Waals surface area (Å²) in [5.74, 6) is -1.23. The second kappa shape index (κ2) is 6.32. The van der Waals surface area contributed by atoms with Crippen molar-refractivity contribution < 1.29 is 23.1 Å². The fourth-order valence-corrected chi connectivity index (χ4v) is 3.35. The summed E-state index contributed by atoms with van der Waals surface area (Å²) in [7, 11) is 0. The van der Waals surface area contributed by atoms with Crippen LogP contribution in [-0.2, 0) is 11.0 Å². The SMILES string of the molecule is O=C(O)/C=C/c1nc2sc(C(F)(F)F)nn2c1-c1ccc(Cl)cc1Cl. The number of halogens is 5. The van der Waals surface area contributed by atoms with Crippen LogP contribution < -0.4 is 0 Å². The molecule has 2 heterocycles. The summed E-state index contributed by atoms with van der Waals surface area (Å²) in [5, 5.41) is 11.8. The van der Waals surface area contributed by atoms with Gasteiger partial charge in [-0.3, -0.25) is 0 Å². The molecular weight excluding hydrogens is 402 g/mol. The normalized spacial score (nSPS) is 12.4. The Labute approximate surface area is 151 Å². The van der Waals surface area contributed by atoms with Crippen molar-refractivity contribution in [3.05, 3.63) is 45.0 Å². The van der Waals surface area contributed by atoms with Crippen LogP contribution in [0.3, 0.4) is 0 Å². The largest absolute Gasteiger partial charge is 0.478 e. The molecule has 0 aliphatic carbocycles. The maximum atomic E-state index is 12.9. The number of rotatable bonds is 3. The van der Waals surface area contributed by atoms with E-state index in [-0.39, 0.29) is 21.4 Å². The Hall–Kier alpha value is -2.10. The molecule has 0 radical (unpaired) electrons. The first-order valence-electron chi connectivity index (χ1n) is 6.50. The van der Waals surface area contributed by atoms with E-state index in [1.807, 2.05) is 0 Å². The van der Waals surface area contributed by atoms with Crippen LogP contribution in [0.25, 0.3) is 22.3 Å². The second-order valence-electron chi connectivity index (χ2n) is 4.74. The van der Waals surface area contributed by atoms with Crippen molar-refractivity contribution in [1.29, 1.82) is 0 Å². The number of alkyl halides is 3. The Kier molecular flexibility index (Phi) is 4.48. The Bertz CT molecular complexity index is 1010. The molecule has 0 saturated heterocycles. The number of imidazole rings is 1. The van der Waals surface area contributed by atoms with Crippen LogP contribution in [0.15, 0.2) is 24.3 Å². The van der Waals surface area contributed by atoms with Crippen molar-refractivity contribution in [2.24, 2.45) is 0 Å². The van der Waals surface area contributed by atoms with Crippen LogP contribution in [0, 0.1) is 0 Å². The molecule has 3 aromatic rings. The van der Waals surface area contributed by atoms with Crippen LogP contribution in [0.2, 0.25) is 10.0 Å². The minimum absolute atomic E-state index is 0.0432. The van der Waals surface area contributed by atoms with E-state index < -0.39 is 17.2 Å². The molecule has 0 unspecified atom stereocenters. The van der Waals surface area contributed by atoms with Crippen LogP contribution in [0.5, 0.6) is 0 Å². The first-order chi connectivity index (χ1) is 11.7. The van der Waals surface area contributed by atoms with Crippen molar-refractivity contribution in [2.75, 3.05) is 0 Å². The van der Waals surface area contributed by atoms with Gasteiger partial charge in [-0.05, 0) is 24.3 Å². The molecule has 1 aromatic carbocycles. The molecule has 1 N–H and O–H groups in total. The molecule has 0 amide bonds. The van der Waals surface area contributed by atoms with Crippen LogP contribution in [-0.4, -0.2) is 25.7 Å². The third-order valence-electron chi connectivity index (χ3n) is 3.04. The summed E-state index contributed by atoms with van der Waals surface area (Å²) in [5.41, 5.74) is 0.586. The number of carboxylic acid groups (broad SMARTS) is 1. The highest BCUT2D eigenvalue weighted by Crippen LogP contribution is 2.38. The molecule has 0 fully saturated rings. The van der Waals surface area contributed by atoms with Crippen molar-refractivity contribution in [3.63, 3.8) is 0 Å². The predicted octanol–water partition coefficient (Wildman–Crippen LogP) is 4.88. The van der Waals surface area contributed by atoms with E-state index in [1.165, 1.54) is 18.2 Å². The average molecular weight is 408 g/mol. The molecular formula is C14H6Cl2F3N3O2S. The molecule has 0 aliphatic heterocycles. The van der Waals surface area contributed by atoms with Gasteiger partial charge < -0.3 is 5.11 Å². The zero-order valence-corrected chi connectivity index (χ0v) is 14.2. The minimum Gasteiger partial charge on any atom is -0.478 e. The molecule has 5 nitrogen and oxygen atoms in total. The Morgan fingerprint density at radius 3 is 2.64 bits per heavy atom. The fourth-order valence-electron chi connectivity index (χ4n) is 2.08. The lowest BCUT2D eigenvalue weighted by atomic mass is 10.1. The van der Waals surface area contributed by atoms with E-state index in [9.17, 15) is 18.0 Å². The molecule has 0 spiro atoms. The van der Waals surface area contributed by atoms with E-state index in [1.54, 1.807) is 0 Å². The highest BCUT2D eigenvalue weighted by molar-refractivity contribution is 7.16. The lowest BCUT2D eigenvalue weighted by molar-refractivity contribution is -0.138. The topological polar surface area (TPSA) is 67.5 Å². The maximum absolute atomic E-state index is 12.9. The van der Waals surface area contributed by atoms with Gasteiger partial charge in [0.1, 0.15) is 5.69 Å². The molecule has 25 heavy (non-hydrogen) atoms.